The van der Waals surface area contributed by atoms with Crippen molar-refractivity contribution in [2.24, 2.45) is 0 Å². The van der Waals surface area contributed by atoms with E-state index in [1.807, 2.05) is 12.1 Å². The first-order chi connectivity index (χ1) is 9.02. The fourth-order valence-electron chi connectivity index (χ4n) is 2.42. The Morgan fingerprint density at radius 1 is 0.947 bits per heavy atom. The molecule has 0 atom stereocenters. The van der Waals surface area contributed by atoms with Gasteiger partial charge in [0.1, 0.15) is 5.82 Å². The molecule has 1 heterocycles. The zero-order valence-corrected chi connectivity index (χ0v) is 11.0. The van der Waals surface area contributed by atoms with Gasteiger partial charge in [-0.15, -0.1) is 0 Å². The summed E-state index contributed by atoms with van der Waals surface area (Å²) in [5.41, 5.74) is 18.2. The van der Waals surface area contributed by atoms with Crippen LogP contribution in [0.3, 0.4) is 0 Å². The highest BCUT2D eigenvalue weighted by molar-refractivity contribution is 5.83. The topological polar surface area (TPSA) is 80.7 Å². The third-order valence-electron chi connectivity index (χ3n) is 3.17. The Kier molecular flexibility index (Phi) is 2.45. The minimum Gasteiger partial charge on any atom is -0.399 e. The Balaban J connectivity index is 2.23. The summed E-state index contributed by atoms with van der Waals surface area (Å²) in [4.78, 5) is 7.96. The Bertz CT molecular complexity index is 751. The van der Waals surface area contributed by atoms with Crippen LogP contribution >= 0.6 is 0 Å². The minimum atomic E-state index is 0.642. The quantitative estimate of drug-likeness (QED) is 0.582. The normalized spacial score (nSPS) is 11.1. The van der Waals surface area contributed by atoms with E-state index < -0.39 is 0 Å². The first-order valence-corrected chi connectivity index (χ1v) is 6.16. The highest BCUT2D eigenvalue weighted by atomic mass is 14.9. The van der Waals surface area contributed by atoms with E-state index in [0.29, 0.717) is 11.4 Å². The number of nitrogen functional groups attached to an aromatic ring is 2. The van der Waals surface area contributed by atoms with E-state index in [2.05, 4.69) is 35.9 Å². The lowest BCUT2D eigenvalue weighted by Crippen LogP contribution is -1.92. The van der Waals surface area contributed by atoms with Crippen LogP contribution < -0.4 is 11.5 Å². The first kappa shape index (κ1) is 11.6. The van der Waals surface area contributed by atoms with Gasteiger partial charge >= 0.3 is 0 Å². The monoisotopic (exact) mass is 252 g/mol. The average Bonchev–Trinajstić information content (AvgIpc) is 2.71. The van der Waals surface area contributed by atoms with Gasteiger partial charge in [0.25, 0.3) is 0 Å². The molecule has 0 spiro atoms. The molecule has 0 bridgehead atoms. The molecule has 4 nitrogen and oxygen atoms in total. The number of rotatable bonds is 1. The fraction of sp³-hybridized carbons (Fsp3) is 0.133. The second kappa shape index (κ2) is 4.02. The minimum absolute atomic E-state index is 0.642. The predicted molar refractivity (Wildman–Crippen MR) is 79.8 cm³/mol. The number of hydrogen-bond acceptors (Lipinski definition) is 3. The molecule has 0 saturated heterocycles. The molecule has 0 saturated carbocycles. The van der Waals surface area contributed by atoms with Gasteiger partial charge < -0.3 is 16.5 Å². The highest BCUT2D eigenvalue weighted by Gasteiger charge is 2.08. The van der Waals surface area contributed by atoms with Crippen molar-refractivity contribution in [1.29, 1.82) is 0 Å². The smallest absolute Gasteiger partial charge is 0.138 e. The summed E-state index contributed by atoms with van der Waals surface area (Å²) >= 11 is 0. The van der Waals surface area contributed by atoms with Gasteiger partial charge in [0.15, 0.2) is 0 Å². The Morgan fingerprint density at radius 2 is 1.63 bits per heavy atom. The average molecular weight is 252 g/mol. The number of aromatic amines is 1. The van der Waals surface area contributed by atoms with Crippen LogP contribution in [0.2, 0.25) is 0 Å². The molecule has 3 rings (SSSR count). The number of aryl methyl sites for hydroxylation is 2. The maximum absolute atomic E-state index is 5.82. The van der Waals surface area contributed by atoms with Crippen LogP contribution in [0.15, 0.2) is 30.3 Å². The number of anilines is 2. The van der Waals surface area contributed by atoms with E-state index in [-0.39, 0.29) is 0 Å². The van der Waals surface area contributed by atoms with Crippen LogP contribution in [0.25, 0.3) is 22.4 Å². The molecule has 0 unspecified atom stereocenters. The van der Waals surface area contributed by atoms with Crippen LogP contribution in [0.1, 0.15) is 11.1 Å². The van der Waals surface area contributed by atoms with Gasteiger partial charge in [0, 0.05) is 16.9 Å². The molecule has 1 aromatic heterocycles. The van der Waals surface area contributed by atoms with Gasteiger partial charge in [-0.2, -0.15) is 0 Å². The van der Waals surface area contributed by atoms with Gasteiger partial charge in [-0.05, 0) is 49.2 Å². The second-order valence-corrected chi connectivity index (χ2v) is 4.95. The molecule has 3 aromatic rings. The molecular weight excluding hydrogens is 236 g/mol. The number of nitrogens with zero attached hydrogens (tertiary/aromatic N) is 1. The maximum atomic E-state index is 5.82. The molecule has 0 radical (unpaired) electrons. The lowest BCUT2D eigenvalue weighted by molar-refractivity contribution is 1.33. The maximum Gasteiger partial charge on any atom is 0.138 e. The Morgan fingerprint density at radius 3 is 2.32 bits per heavy atom. The number of H-pyrrole nitrogens is 1. The molecule has 19 heavy (non-hydrogen) atoms. The van der Waals surface area contributed by atoms with Crippen molar-refractivity contribution in [2.45, 2.75) is 13.8 Å². The number of benzene rings is 2. The van der Waals surface area contributed by atoms with Crippen LogP contribution in [-0.4, -0.2) is 9.97 Å². The third-order valence-corrected chi connectivity index (χ3v) is 3.17. The van der Waals surface area contributed by atoms with Crippen LogP contribution in [0.4, 0.5) is 11.4 Å². The zero-order valence-electron chi connectivity index (χ0n) is 11.0. The largest absolute Gasteiger partial charge is 0.399 e. The van der Waals surface area contributed by atoms with E-state index in [1.54, 1.807) is 6.07 Å². The molecule has 0 aliphatic carbocycles. The van der Waals surface area contributed by atoms with Crippen LogP contribution in [-0.2, 0) is 0 Å². The summed E-state index contributed by atoms with van der Waals surface area (Å²) in [6, 6.07) is 9.70. The Hall–Kier alpha value is -2.49. The summed E-state index contributed by atoms with van der Waals surface area (Å²) < 4.78 is 0. The van der Waals surface area contributed by atoms with E-state index in [0.717, 1.165) is 28.0 Å². The van der Waals surface area contributed by atoms with Gasteiger partial charge in [-0.1, -0.05) is 6.07 Å². The van der Waals surface area contributed by atoms with Crippen molar-refractivity contribution < 1.29 is 0 Å². The molecule has 96 valence electrons. The van der Waals surface area contributed by atoms with Crippen LogP contribution in [0.5, 0.6) is 0 Å². The third kappa shape index (κ3) is 2.01. The van der Waals surface area contributed by atoms with Crippen molar-refractivity contribution in [2.75, 3.05) is 11.5 Å². The molecular formula is C15H16N4. The van der Waals surface area contributed by atoms with Crippen molar-refractivity contribution in [3.8, 4) is 11.4 Å². The van der Waals surface area contributed by atoms with Gasteiger partial charge in [-0.25, -0.2) is 4.98 Å². The molecule has 0 aliphatic rings. The Labute approximate surface area is 111 Å². The van der Waals surface area contributed by atoms with Crippen molar-refractivity contribution >= 4 is 22.4 Å². The summed E-state index contributed by atoms with van der Waals surface area (Å²) in [6.45, 7) is 4.14. The van der Waals surface area contributed by atoms with Crippen molar-refractivity contribution in [3.05, 3.63) is 41.5 Å². The summed E-state index contributed by atoms with van der Waals surface area (Å²) in [7, 11) is 0. The van der Waals surface area contributed by atoms with E-state index in [4.69, 9.17) is 11.5 Å². The standard InChI is InChI=1S/C15H16N4/c1-8-3-9(2)14-13(4-8)18-15(19-14)10-5-11(16)7-12(17)6-10/h3-7H,16-17H2,1-2H3,(H,18,19). The van der Waals surface area contributed by atoms with E-state index in [9.17, 15) is 0 Å². The predicted octanol–water partition coefficient (Wildman–Crippen LogP) is 3.01. The second-order valence-electron chi connectivity index (χ2n) is 4.95. The van der Waals surface area contributed by atoms with Gasteiger partial charge in [0.2, 0.25) is 0 Å². The van der Waals surface area contributed by atoms with Crippen molar-refractivity contribution in [3.63, 3.8) is 0 Å². The number of fused-ring (bicyclic) bond motifs is 1. The zero-order chi connectivity index (χ0) is 13.6. The first-order valence-electron chi connectivity index (χ1n) is 6.16. The summed E-state index contributed by atoms with van der Waals surface area (Å²) in [5.74, 6) is 0.794. The van der Waals surface area contributed by atoms with Gasteiger partial charge in [-0.3, -0.25) is 0 Å². The number of nitrogens with two attached hydrogens (primary N) is 2. The van der Waals surface area contributed by atoms with Crippen molar-refractivity contribution in [1.82, 2.24) is 9.97 Å². The van der Waals surface area contributed by atoms with E-state index >= 15 is 0 Å². The number of hydrogen-bond donors (Lipinski definition) is 3. The lowest BCUT2D eigenvalue weighted by atomic mass is 10.1. The molecule has 0 aliphatic heterocycles. The molecule has 5 N–H and O–H groups in total. The summed E-state index contributed by atoms with van der Waals surface area (Å²) in [5, 5.41) is 0. The van der Waals surface area contributed by atoms with E-state index in [1.165, 1.54) is 5.56 Å². The number of imidazole rings is 1. The summed E-state index contributed by atoms with van der Waals surface area (Å²) in [6.07, 6.45) is 0. The fourth-order valence-corrected chi connectivity index (χ4v) is 2.42. The SMILES string of the molecule is Cc1cc(C)c2nc(-c3cc(N)cc(N)c3)[nH]c2c1. The highest BCUT2D eigenvalue weighted by Crippen LogP contribution is 2.26. The molecule has 4 heteroatoms. The molecule has 0 amide bonds. The molecule has 2 aromatic carbocycles. The van der Waals surface area contributed by atoms with Gasteiger partial charge in [0.05, 0.1) is 11.0 Å². The number of nitrogens with one attached hydrogen (secondary N) is 1. The van der Waals surface area contributed by atoms with Crippen LogP contribution in [0, 0.1) is 13.8 Å². The number of aromatic nitrogens is 2. The lowest BCUT2D eigenvalue weighted by Gasteiger charge is -2.01. The molecule has 0 fully saturated rings.